The third-order valence-corrected chi connectivity index (χ3v) is 3.76. The second-order valence-corrected chi connectivity index (χ2v) is 6.25. The van der Waals surface area contributed by atoms with Gasteiger partial charge in [0.25, 0.3) is 5.91 Å². The molecule has 1 amide bonds. The summed E-state index contributed by atoms with van der Waals surface area (Å²) in [4.78, 5) is 12.3. The second-order valence-electron chi connectivity index (χ2n) is 6.25. The van der Waals surface area contributed by atoms with E-state index >= 15 is 0 Å². The number of nitrogens with one attached hydrogen (secondary N) is 1. The molecule has 2 aromatic rings. The van der Waals surface area contributed by atoms with Gasteiger partial charge >= 0.3 is 0 Å². The largest absolute Gasteiger partial charge is 0.491 e. The highest BCUT2D eigenvalue weighted by Gasteiger charge is 2.15. The Morgan fingerprint density at radius 1 is 1.04 bits per heavy atom. The van der Waals surface area contributed by atoms with E-state index in [1.165, 1.54) is 0 Å². The van der Waals surface area contributed by atoms with Crippen molar-refractivity contribution in [3.8, 4) is 11.5 Å². The molecule has 0 aliphatic rings. The van der Waals surface area contributed by atoms with E-state index in [2.05, 4.69) is 12.2 Å². The summed E-state index contributed by atoms with van der Waals surface area (Å²) < 4.78 is 11.5. The molecule has 1 atom stereocenters. The standard InChI is InChI=1S/C21H27NO3/c1-5-18-10-6-7-12-20(18)25-16(4)21(23)22-14-17-9-8-11-19(13-17)24-15(2)3/h6-13,15-16H,5,14H2,1-4H3,(H,22,23)/t16-/m1/s1. The summed E-state index contributed by atoms with van der Waals surface area (Å²) in [6.45, 7) is 8.25. The van der Waals surface area contributed by atoms with Crippen LogP contribution in [0, 0.1) is 0 Å². The van der Waals surface area contributed by atoms with Crippen molar-refractivity contribution in [3.63, 3.8) is 0 Å². The zero-order chi connectivity index (χ0) is 18.2. The number of para-hydroxylation sites is 1. The van der Waals surface area contributed by atoms with E-state index in [4.69, 9.17) is 9.47 Å². The fourth-order valence-corrected chi connectivity index (χ4v) is 2.49. The fraction of sp³-hybridized carbons (Fsp3) is 0.381. The van der Waals surface area contributed by atoms with Gasteiger partial charge in [-0.25, -0.2) is 0 Å². The number of rotatable bonds is 8. The van der Waals surface area contributed by atoms with Gasteiger partial charge in [0.2, 0.25) is 0 Å². The molecule has 2 rings (SSSR count). The molecule has 0 bridgehead atoms. The minimum Gasteiger partial charge on any atom is -0.491 e. The zero-order valence-electron chi connectivity index (χ0n) is 15.4. The van der Waals surface area contributed by atoms with Crippen LogP contribution in [-0.2, 0) is 17.8 Å². The van der Waals surface area contributed by atoms with E-state index in [1.807, 2.05) is 62.4 Å². The third-order valence-electron chi connectivity index (χ3n) is 3.76. The van der Waals surface area contributed by atoms with Crippen LogP contribution in [0.2, 0.25) is 0 Å². The van der Waals surface area contributed by atoms with Gasteiger partial charge in [-0.1, -0.05) is 37.3 Å². The zero-order valence-corrected chi connectivity index (χ0v) is 15.4. The van der Waals surface area contributed by atoms with Crippen molar-refractivity contribution in [2.75, 3.05) is 0 Å². The van der Waals surface area contributed by atoms with Crippen LogP contribution in [0.3, 0.4) is 0 Å². The van der Waals surface area contributed by atoms with E-state index in [0.717, 1.165) is 29.0 Å². The van der Waals surface area contributed by atoms with Crippen molar-refractivity contribution in [2.24, 2.45) is 0 Å². The summed E-state index contributed by atoms with van der Waals surface area (Å²) in [6.07, 6.45) is 0.437. The van der Waals surface area contributed by atoms with Gasteiger partial charge in [-0.15, -0.1) is 0 Å². The quantitative estimate of drug-likeness (QED) is 0.786. The van der Waals surface area contributed by atoms with Crippen LogP contribution in [-0.4, -0.2) is 18.1 Å². The molecule has 0 heterocycles. The lowest BCUT2D eigenvalue weighted by molar-refractivity contribution is -0.127. The molecular formula is C21H27NO3. The summed E-state index contributed by atoms with van der Waals surface area (Å²) in [5.74, 6) is 1.43. The monoisotopic (exact) mass is 341 g/mol. The topological polar surface area (TPSA) is 47.6 Å². The minimum absolute atomic E-state index is 0.122. The Hall–Kier alpha value is -2.49. The van der Waals surface area contributed by atoms with Gasteiger partial charge in [-0.2, -0.15) is 0 Å². The van der Waals surface area contributed by atoms with Crippen LogP contribution < -0.4 is 14.8 Å². The molecular weight excluding hydrogens is 314 g/mol. The van der Waals surface area contributed by atoms with Crippen LogP contribution in [0.1, 0.15) is 38.8 Å². The highest BCUT2D eigenvalue weighted by molar-refractivity contribution is 5.80. The number of hydrogen-bond donors (Lipinski definition) is 1. The van der Waals surface area contributed by atoms with E-state index < -0.39 is 6.10 Å². The first kappa shape index (κ1) is 18.8. The Bertz CT molecular complexity index is 697. The first-order valence-corrected chi connectivity index (χ1v) is 8.77. The number of hydrogen-bond acceptors (Lipinski definition) is 3. The van der Waals surface area contributed by atoms with Crippen molar-refractivity contribution in [1.82, 2.24) is 5.32 Å². The first-order valence-electron chi connectivity index (χ1n) is 8.77. The molecule has 0 aromatic heterocycles. The molecule has 134 valence electrons. The summed E-state index contributed by atoms with van der Waals surface area (Å²) in [6, 6.07) is 15.6. The molecule has 25 heavy (non-hydrogen) atoms. The molecule has 0 aliphatic heterocycles. The van der Waals surface area contributed by atoms with Crippen LogP contribution in [0.25, 0.3) is 0 Å². The van der Waals surface area contributed by atoms with Crippen LogP contribution in [0.5, 0.6) is 11.5 Å². The van der Waals surface area contributed by atoms with Crippen molar-refractivity contribution >= 4 is 5.91 Å². The van der Waals surface area contributed by atoms with Crippen LogP contribution >= 0.6 is 0 Å². The average Bonchev–Trinajstić information content (AvgIpc) is 2.59. The van der Waals surface area contributed by atoms with Crippen LogP contribution in [0.15, 0.2) is 48.5 Å². The number of amides is 1. The lowest BCUT2D eigenvalue weighted by atomic mass is 10.1. The van der Waals surface area contributed by atoms with Gasteiger partial charge in [-0.05, 0) is 56.5 Å². The maximum Gasteiger partial charge on any atom is 0.261 e. The highest BCUT2D eigenvalue weighted by Crippen LogP contribution is 2.20. The molecule has 4 nitrogen and oxygen atoms in total. The summed E-state index contributed by atoms with van der Waals surface area (Å²) >= 11 is 0. The molecule has 0 saturated heterocycles. The number of aryl methyl sites for hydroxylation is 1. The Morgan fingerprint density at radius 3 is 2.52 bits per heavy atom. The van der Waals surface area contributed by atoms with E-state index in [1.54, 1.807) is 6.92 Å². The molecule has 1 N–H and O–H groups in total. The van der Waals surface area contributed by atoms with Crippen LogP contribution in [0.4, 0.5) is 0 Å². The summed E-state index contributed by atoms with van der Waals surface area (Å²) in [5, 5.41) is 2.92. The molecule has 0 spiro atoms. The number of ether oxygens (including phenoxy) is 2. The Kier molecular flexibility index (Phi) is 6.87. The average molecular weight is 341 g/mol. The lowest BCUT2D eigenvalue weighted by Crippen LogP contribution is -2.36. The summed E-state index contributed by atoms with van der Waals surface area (Å²) in [5.41, 5.74) is 2.09. The predicted octanol–water partition coefficient (Wildman–Crippen LogP) is 4.12. The smallest absolute Gasteiger partial charge is 0.261 e. The fourth-order valence-electron chi connectivity index (χ4n) is 2.49. The molecule has 0 saturated carbocycles. The molecule has 4 heteroatoms. The van der Waals surface area contributed by atoms with Gasteiger partial charge in [-0.3, -0.25) is 4.79 Å². The summed E-state index contributed by atoms with van der Waals surface area (Å²) in [7, 11) is 0. The molecule has 0 fully saturated rings. The molecule has 0 aliphatic carbocycles. The predicted molar refractivity (Wildman–Crippen MR) is 100.0 cm³/mol. The first-order chi connectivity index (χ1) is 12.0. The third kappa shape index (κ3) is 5.82. The Balaban J connectivity index is 1.91. The van der Waals surface area contributed by atoms with Gasteiger partial charge in [0, 0.05) is 6.54 Å². The molecule has 0 unspecified atom stereocenters. The van der Waals surface area contributed by atoms with Gasteiger partial charge in [0.05, 0.1) is 6.10 Å². The molecule has 0 radical (unpaired) electrons. The van der Waals surface area contributed by atoms with Gasteiger partial charge in [0.15, 0.2) is 6.10 Å². The Morgan fingerprint density at radius 2 is 1.80 bits per heavy atom. The highest BCUT2D eigenvalue weighted by atomic mass is 16.5. The van der Waals surface area contributed by atoms with Crippen molar-refractivity contribution in [3.05, 3.63) is 59.7 Å². The van der Waals surface area contributed by atoms with Gasteiger partial charge < -0.3 is 14.8 Å². The van der Waals surface area contributed by atoms with Crippen molar-refractivity contribution in [2.45, 2.75) is 52.9 Å². The van der Waals surface area contributed by atoms with Crippen molar-refractivity contribution in [1.29, 1.82) is 0 Å². The lowest BCUT2D eigenvalue weighted by Gasteiger charge is -2.17. The van der Waals surface area contributed by atoms with Crippen molar-refractivity contribution < 1.29 is 14.3 Å². The van der Waals surface area contributed by atoms with E-state index in [0.29, 0.717) is 6.54 Å². The number of carbonyl (C=O) groups is 1. The maximum atomic E-state index is 12.3. The maximum absolute atomic E-state index is 12.3. The minimum atomic E-state index is -0.553. The van der Waals surface area contributed by atoms with E-state index in [9.17, 15) is 4.79 Å². The van der Waals surface area contributed by atoms with Gasteiger partial charge in [0.1, 0.15) is 11.5 Å². The molecule has 2 aromatic carbocycles. The number of carbonyl (C=O) groups excluding carboxylic acids is 1. The number of benzene rings is 2. The van der Waals surface area contributed by atoms with E-state index in [-0.39, 0.29) is 12.0 Å². The normalized spacial score (nSPS) is 11.9. The Labute approximate surface area is 150 Å². The second kappa shape index (κ2) is 9.11. The SMILES string of the molecule is CCc1ccccc1O[C@H](C)C(=O)NCc1cccc(OC(C)C)c1.